The molecule has 2 aliphatic rings. The Morgan fingerprint density at radius 2 is 1.88 bits per heavy atom. The lowest BCUT2D eigenvalue weighted by Gasteiger charge is -2.47. The summed E-state index contributed by atoms with van der Waals surface area (Å²) in [5.41, 5.74) is 0.950. The van der Waals surface area contributed by atoms with E-state index in [0.717, 1.165) is 5.56 Å². The number of Topliss-reactive ketones (excluding diaryl/α,β-unsaturated/α-hetero) is 1. The lowest BCUT2D eigenvalue weighted by atomic mass is 9.82. The first-order valence-corrected chi connectivity index (χ1v) is 8.22. The molecule has 2 aliphatic heterocycles. The Bertz CT molecular complexity index is 623. The van der Waals surface area contributed by atoms with Gasteiger partial charge in [0.15, 0.2) is 0 Å². The first kappa shape index (κ1) is 16.5. The molecule has 1 aromatic carbocycles. The predicted octanol–water partition coefficient (Wildman–Crippen LogP) is 2.40. The quantitative estimate of drug-likeness (QED) is 0.797. The van der Waals surface area contributed by atoms with Crippen LogP contribution in [0.5, 0.6) is 0 Å². The number of hydrogen-bond donors (Lipinski definition) is 0. The highest BCUT2D eigenvalue weighted by Crippen LogP contribution is 2.33. The highest BCUT2D eigenvalue weighted by Gasteiger charge is 2.44. The minimum Gasteiger partial charge on any atom is -0.445 e. The molecule has 2 saturated heterocycles. The van der Waals surface area contributed by atoms with Gasteiger partial charge in [-0.05, 0) is 18.4 Å². The molecule has 3 rings (SSSR count). The summed E-state index contributed by atoms with van der Waals surface area (Å²) in [7, 11) is 0. The summed E-state index contributed by atoms with van der Waals surface area (Å²) in [6.45, 7) is 1.13. The number of hydrogen-bond acceptors (Lipinski definition) is 4. The molecule has 2 bridgehead atoms. The van der Waals surface area contributed by atoms with Crippen LogP contribution in [0.25, 0.3) is 0 Å². The van der Waals surface area contributed by atoms with E-state index >= 15 is 0 Å². The number of fused-ring (bicyclic) bond motifs is 2. The van der Waals surface area contributed by atoms with Gasteiger partial charge in [0.1, 0.15) is 12.4 Å². The summed E-state index contributed by atoms with van der Waals surface area (Å²) in [5.74, 6) is 2.42. The molecule has 2 unspecified atom stereocenters. The Kier molecular flexibility index (Phi) is 5.17. The number of rotatable bonds is 4. The molecule has 0 saturated carbocycles. The van der Waals surface area contributed by atoms with E-state index in [1.807, 2.05) is 30.3 Å². The molecule has 0 radical (unpaired) electrons. The van der Waals surface area contributed by atoms with Gasteiger partial charge in [-0.15, -0.1) is 6.42 Å². The SMILES string of the molecule is C#CCC(=O)C1CC2COCC(C1)N2C(=O)OCc1ccccc1. The number of ether oxygens (including phenoxy) is 2. The minimum absolute atomic E-state index is 0.0851. The summed E-state index contributed by atoms with van der Waals surface area (Å²) >= 11 is 0. The Balaban J connectivity index is 1.62. The lowest BCUT2D eigenvalue weighted by molar-refractivity contribution is -0.130. The molecule has 1 amide bonds. The zero-order chi connectivity index (χ0) is 16.9. The third kappa shape index (κ3) is 3.60. The van der Waals surface area contributed by atoms with Crippen LogP contribution in [0.4, 0.5) is 4.79 Å². The molecule has 1 aromatic rings. The zero-order valence-corrected chi connectivity index (χ0v) is 13.5. The second kappa shape index (κ2) is 7.50. The van der Waals surface area contributed by atoms with E-state index in [0.29, 0.717) is 26.1 Å². The normalized spacial score (nSPS) is 25.6. The summed E-state index contributed by atoms with van der Waals surface area (Å²) in [4.78, 5) is 26.4. The molecule has 2 fully saturated rings. The van der Waals surface area contributed by atoms with E-state index in [1.165, 1.54) is 0 Å². The lowest BCUT2D eigenvalue weighted by Crippen LogP contribution is -2.59. The molecule has 5 nitrogen and oxygen atoms in total. The molecular weight excluding hydrogens is 306 g/mol. The van der Waals surface area contributed by atoms with Gasteiger partial charge in [0.05, 0.1) is 31.7 Å². The van der Waals surface area contributed by atoms with Gasteiger partial charge in [0.2, 0.25) is 0 Å². The number of terminal acetylenes is 1. The number of ketones is 1. The van der Waals surface area contributed by atoms with Crippen molar-refractivity contribution >= 4 is 11.9 Å². The fraction of sp³-hybridized carbons (Fsp3) is 0.474. The van der Waals surface area contributed by atoms with Crippen molar-refractivity contribution in [2.45, 2.75) is 38.0 Å². The van der Waals surface area contributed by atoms with Gasteiger partial charge in [0.25, 0.3) is 0 Å². The van der Waals surface area contributed by atoms with Crippen LogP contribution >= 0.6 is 0 Å². The largest absolute Gasteiger partial charge is 0.445 e. The van der Waals surface area contributed by atoms with Gasteiger partial charge in [-0.2, -0.15) is 0 Å². The average Bonchev–Trinajstić information content (AvgIpc) is 2.59. The molecule has 2 heterocycles. The molecule has 0 aliphatic carbocycles. The topological polar surface area (TPSA) is 55.8 Å². The summed E-state index contributed by atoms with van der Waals surface area (Å²) in [5, 5.41) is 0. The van der Waals surface area contributed by atoms with Crippen molar-refractivity contribution in [2.24, 2.45) is 5.92 Å². The molecule has 24 heavy (non-hydrogen) atoms. The maximum absolute atomic E-state index is 12.5. The minimum atomic E-state index is -0.333. The number of carbonyl (C=O) groups is 2. The van der Waals surface area contributed by atoms with Crippen molar-refractivity contribution in [1.82, 2.24) is 4.90 Å². The van der Waals surface area contributed by atoms with Crippen LogP contribution in [0.3, 0.4) is 0 Å². The summed E-state index contributed by atoms with van der Waals surface area (Å²) in [6, 6.07) is 9.34. The van der Waals surface area contributed by atoms with E-state index in [4.69, 9.17) is 15.9 Å². The van der Waals surface area contributed by atoms with Gasteiger partial charge in [0, 0.05) is 5.92 Å². The molecule has 2 atom stereocenters. The predicted molar refractivity (Wildman–Crippen MR) is 88.0 cm³/mol. The van der Waals surface area contributed by atoms with Crippen LogP contribution in [0, 0.1) is 18.3 Å². The van der Waals surface area contributed by atoms with Crippen LogP contribution < -0.4 is 0 Å². The first-order valence-electron chi connectivity index (χ1n) is 8.22. The van der Waals surface area contributed by atoms with Crippen LogP contribution in [0.2, 0.25) is 0 Å². The smallest absolute Gasteiger partial charge is 0.410 e. The van der Waals surface area contributed by atoms with E-state index in [1.54, 1.807) is 4.90 Å². The highest BCUT2D eigenvalue weighted by molar-refractivity contribution is 5.83. The fourth-order valence-corrected chi connectivity index (χ4v) is 3.51. The Morgan fingerprint density at radius 1 is 1.21 bits per heavy atom. The molecule has 0 N–H and O–H groups in total. The van der Waals surface area contributed by atoms with Gasteiger partial charge < -0.3 is 9.47 Å². The van der Waals surface area contributed by atoms with Crippen LogP contribution in [-0.4, -0.2) is 42.1 Å². The van der Waals surface area contributed by atoms with Gasteiger partial charge in [-0.3, -0.25) is 9.69 Å². The monoisotopic (exact) mass is 327 g/mol. The standard InChI is InChI=1S/C19H21NO4/c1-2-6-18(21)15-9-16-12-23-13-17(10-15)20(16)19(22)24-11-14-7-4-3-5-8-14/h1,3-5,7-8,15-17H,6,9-13H2. The Labute approximate surface area is 141 Å². The van der Waals surface area contributed by atoms with Crippen LogP contribution in [0.15, 0.2) is 30.3 Å². The maximum Gasteiger partial charge on any atom is 0.410 e. The molecule has 126 valence electrons. The van der Waals surface area contributed by atoms with Gasteiger partial charge >= 0.3 is 6.09 Å². The molecule has 5 heteroatoms. The third-order valence-electron chi connectivity index (χ3n) is 4.67. The van der Waals surface area contributed by atoms with Crippen molar-refractivity contribution in [1.29, 1.82) is 0 Å². The highest BCUT2D eigenvalue weighted by atomic mass is 16.6. The fourth-order valence-electron chi connectivity index (χ4n) is 3.51. The van der Waals surface area contributed by atoms with Crippen LogP contribution in [-0.2, 0) is 20.9 Å². The number of benzene rings is 1. The second-order valence-corrected chi connectivity index (χ2v) is 6.31. The van der Waals surface area contributed by atoms with Crippen molar-refractivity contribution in [2.75, 3.05) is 13.2 Å². The van der Waals surface area contributed by atoms with Crippen molar-refractivity contribution in [3.05, 3.63) is 35.9 Å². The number of carbonyl (C=O) groups excluding carboxylic acids is 2. The van der Waals surface area contributed by atoms with E-state index < -0.39 is 0 Å². The van der Waals surface area contributed by atoms with E-state index in [9.17, 15) is 9.59 Å². The van der Waals surface area contributed by atoms with E-state index in [2.05, 4.69) is 5.92 Å². The molecule has 0 spiro atoms. The van der Waals surface area contributed by atoms with Crippen molar-refractivity contribution in [3.8, 4) is 12.3 Å². The van der Waals surface area contributed by atoms with Crippen molar-refractivity contribution < 1.29 is 19.1 Å². The van der Waals surface area contributed by atoms with Gasteiger partial charge in [-0.1, -0.05) is 36.3 Å². The molecule has 0 aromatic heterocycles. The first-order chi connectivity index (χ1) is 11.7. The third-order valence-corrected chi connectivity index (χ3v) is 4.67. The number of amides is 1. The van der Waals surface area contributed by atoms with Gasteiger partial charge in [-0.25, -0.2) is 4.79 Å². The maximum atomic E-state index is 12.5. The zero-order valence-electron chi connectivity index (χ0n) is 13.5. The summed E-state index contributed by atoms with van der Waals surface area (Å²) < 4.78 is 11.0. The number of morpholine rings is 1. The number of piperidine rings is 1. The van der Waals surface area contributed by atoms with Crippen molar-refractivity contribution in [3.63, 3.8) is 0 Å². The average molecular weight is 327 g/mol. The molecular formula is C19H21NO4. The Morgan fingerprint density at radius 3 is 2.50 bits per heavy atom. The second-order valence-electron chi connectivity index (χ2n) is 6.31. The van der Waals surface area contributed by atoms with E-state index in [-0.39, 0.29) is 42.9 Å². The Hall–Kier alpha value is -2.32. The van der Waals surface area contributed by atoms with Crippen LogP contribution in [0.1, 0.15) is 24.8 Å². The summed E-state index contributed by atoms with van der Waals surface area (Å²) in [6.07, 6.45) is 6.25. The number of nitrogens with zero attached hydrogens (tertiary/aromatic N) is 1.